The Labute approximate surface area is 188 Å². The number of rotatable bonds is 0. The molecule has 28 heavy (non-hydrogen) atoms. The van der Waals surface area contributed by atoms with E-state index in [1.165, 1.54) is 0 Å². The number of hydrogen-bond acceptors (Lipinski definition) is 8. The van der Waals surface area contributed by atoms with Crippen LogP contribution in [0.2, 0.25) is 0 Å². The Kier molecular flexibility index (Phi) is 20.0. The molecule has 0 amide bonds. The lowest BCUT2D eigenvalue weighted by Crippen LogP contribution is -2.09. The lowest BCUT2D eigenvalue weighted by atomic mass is 10.3. The first-order chi connectivity index (χ1) is 13.8. The van der Waals surface area contributed by atoms with Gasteiger partial charge in [0, 0.05) is 46.0 Å². The number of hydrogen-bond donors (Lipinski definition) is 0. The van der Waals surface area contributed by atoms with Gasteiger partial charge in [-0.1, -0.05) is 13.2 Å². The SMILES string of the molecule is C=C1COCCSCCSCCOCC(=C)COCCSCCSCCOC1. The van der Waals surface area contributed by atoms with Crippen molar-refractivity contribution in [3.05, 3.63) is 24.3 Å². The Hall–Kier alpha value is 0.720. The highest BCUT2D eigenvalue weighted by molar-refractivity contribution is 8.03. The van der Waals surface area contributed by atoms with Gasteiger partial charge in [-0.2, -0.15) is 47.0 Å². The Morgan fingerprint density at radius 1 is 0.429 bits per heavy atom. The molecule has 1 rings (SSSR count). The van der Waals surface area contributed by atoms with Crippen molar-refractivity contribution >= 4 is 47.0 Å². The van der Waals surface area contributed by atoms with Crippen LogP contribution >= 0.6 is 47.0 Å². The maximum Gasteiger partial charge on any atom is 0.0696 e. The van der Waals surface area contributed by atoms with E-state index in [0.29, 0.717) is 26.4 Å². The van der Waals surface area contributed by atoms with Crippen LogP contribution in [-0.4, -0.2) is 98.9 Å². The smallest absolute Gasteiger partial charge is 0.0696 e. The van der Waals surface area contributed by atoms with Crippen LogP contribution in [0.5, 0.6) is 0 Å². The molecule has 1 aliphatic rings. The summed E-state index contributed by atoms with van der Waals surface area (Å²) in [6, 6.07) is 0. The Morgan fingerprint density at radius 3 is 0.929 bits per heavy atom. The van der Waals surface area contributed by atoms with Crippen LogP contribution in [0.3, 0.4) is 0 Å². The van der Waals surface area contributed by atoms with Crippen molar-refractivity contribution < 1.29 is 18.9 Å². The summed E-state index contributed by atoms with van der Waals surface area (Å²) in [5.74, 6) is 8.70. The van der Waals surface area contributed by atoms with Gasteiger partial charge in [0.2, 0.25) is 0 Å². The van der Waals surface area contributed by atoms with E-state index < -0.39 is 0 Å². The quantitative estimate of drug-likeness (QED) is 0.492. The molecule has 0 aromatic rings. The van der Waals surface area contributed by atoms with Gasteiger partial charge in [-0.05, 0) is 11.1 Å². The van der Waals surface area contributed by atoms with E-state index in [1.807, 2.05) is 47.0 Å². The van der Waals surface area contributed by atoms with Crippen LogP contribution in [0.25, 0.3) is 0 Å². The van der Waals surface area contributed by atoms with Crippen LogP contribution in [0, 0.1) is 0 Å². The molecular weight excluding hydrogens is 432 g/mol. The van der Waals surface area contributed by atoms with Crippen LogP contribution < -0.4 is 0 Å². The number of thioether (sulfide) groups is 4. The lowest BCUT2D eigenvalue weighted by Gasteiger charge is -2.10. The minimum atomic E-state index is 0.601. The number of ether oxygens (including phenoxy) is 4. The van der Waals surface area contributed by atoms with Gasteiger partial charge in [0.15, 0.2) is 0 Å². The van der Waals surface area contributed by atoms with Crippen molar-refractivity contribution in [1.82, 2.24) is 0 Å². The molecule has 0 aromatic carbocycles. The highest BCUT2D eigenvalue weighted by atomic mass is 32.2. The third kappa shape index (κ3) is 18.7. The molecule has 0 aliphatic carbocycles. The zero-order chi connectivity index (χ0) is 20.1. The lowest BCUT2D eigenvalue weighted by molar-refractivity contribution is 0.134. The van der Waals surface area contributed by atoms with Gasteiger partial charge >= 0.3 is 0 Å². The third-order valence-electron chi connectivity index (χ3n) is 3.46. The molecule has 1 saturated heterocycles. The fraction of sp³-hybridized carbons (Fsp3) is 0.800. The second kappa shape index (κ2) is 21.0. The second-order valence-electron chi connectivity index (χ2n) is 6.16. The molecule has 0 spiro atoms. The molecule has 1 aliphatic heterocycles. The van der Waals surface area contributed by atoms with Crippen molar-refractivity contribution in [3.63, 3.8) is 0 Å². The molecule has 4 nitrogen and oxygen atoms in total. The van der Waals surface area contributed by atoms with E-state index in [2.05, 4.69) is 13.2 Å². The van der Waals surface area contributed by atoms with Gasteiger partial charge in [0.25, 0.3) is 0 Å². The van der Waals surface area contributed by atoms with E-state index in [1.54, 1.807) is 0 Å². The van der Waals surface area contributed by atoms with Crippen molar-refractivity contribution in [2.45, 2.75) is 0 Å². The van der Waals surface area contributed by atoms with E-state index in [0.717, 1.165) is 83.6 Å². The molecule has 0 saturated carbocycles. The minimum absolute atomic E-state index is 0.601. The molecule has 1 fully saturated rings. The van der Waals surface area contributed by atoms with Crippen LogP contribution in [0.4, 0.5) is 0 Å². The maximum absolute atomic E-state index is 5.66. The normalized spacial score (nSPS) is 23.3. The van der Waals surface area contributed by atoms with Gasteiger partial charge in [-0.15, -0.1) is 0 Å². The highest BCUT2D eigenvalue weighted by Gasteiger charge is 2.00. The maximum atomic E-state index is 5.66. The molecule has 0 unspecified atom stereocenters. The average molecular weight is 469 g/mol. The first-order valence-corrected chi connectivity index (χ1v) is 14.4. The van der Waals surface area contributed by atoms with E-state index >= 15 is 0 Å². The fourth-order valence-corrected chi connectivity index (χ4v) is 5.71. The summed E-state index contributed by atoms with van der Waals surface area (Å²) in [6.45, 7) is 13.5. The zero-order valence-electron chi connectivity index (χ0n) is 17.0. The first kappa shape index (κ1) is 26.8. The summed E-state index contributed by atoms with van der Waals surface area (Å²) >= 11 is 7.74. The molecule has 164 valence electrons. The summed E-state index contributed by atoms with van der Waals surface area (Å²) in [4.78, 5) is 0. The molecule has 0 bridgehead atoms. The van der Waals surface area contributed by atoms with Crippen molar-refractivity contribution in [2.24, 2.45) is 0 Å². The van der Waals surface area contributed by atoms with Crippen LogP contribution in [0.15, 0.2) is 24.3 Å². The van der Waals surface area contributed by atoms with Crippen molar-refractivity contribution in [2.75, 3.05) is 98.9 Å². The molecule has 0 atom stereocenters. The predicted molar refractivity (Wildman–Crippen MR) is 131 cm³/mol. The summed E-state index contributed by atoms with van der Waals surface area (Å²) in [6.07, 6.45) is 0. The average Bonchev–Trinajstić information content (AvgIpc) is 2.69. The van der Waals surface area contributed by atoms with Crippen molar-refractivity contribution in [1.29, 1.82) is 0 Å². The van der Waals surface area contributed by atoms with Crippen LogP contribution in [0.1, 0.15) is 0 Å². The van der Waals surface area contributed by atoms with Crippen LogP contribution in [-0.2, 0) is 18.9 Å². The van der Waals surface area contributed by atoms with E-state index in [-0.39, 0.29) is 0 Å². The molecular formula is C20H36O4S4. The van der Waals surface area contributed by atoms with E-state index in [9.17, 15) is 0 Å². The Morgan fingerprint density at radius 2 is 0.679 bits per heavy atom. The fourth-order valence-electron chi connectivity index (χ4n) is 2.06. The highest BCUT2D eigenvalue weighted by Crippen LogP contribution is 2.09. The summed E-state index contributed by atoms with van der Waals surface area (Å²) in [7, 11) is 0. The van der Waals surface area contributed by atoms with Gasteiger partial charge in [0.1, 0.15) is 0 Å². The van der Waals surface area contributed by atoms with Gasteiger partial charge in [-0.25, -0.2) is 0 Å². The molecule has 8 heteroatoms. The minimum Gasteiger partial charge on any atom is -0.376 e. The molecule has 0 radical (unpaired) electrons. The Bertz CT molecular complexity index is 328. The largest absolute Gasteiger partial charge is 0.376 e. The zero-order valence-corrected chi connectivity index (χ0v) is 20.3. The Balaban J connectivity index is 2.14. The summed E-state index contributed by atoms with van der Waals surface area (Å²) in [5.41, 5.74) is 2.04. The summed E-state index contributed by atoms with van der Waals surface area (Å²) in [5, 5.41) is 0. The van der Waals surface area contributed by atoms with Crippen molar-refractivity contribution in [3.8, 4) is 0 Å². The first-order valence-electron chi connectivity index (χ1n) is 9.74. The predicted octanol–water partition coefficient (Wildman–Crippen LogP) is 4.11. The summed E-state index contributed by atoms with van der Waals surface area (Å²) < 4.78 is 22.7. The standard InChI is InChI=1S/C20H36O4S4/c1-19-15-21-3-7-25-11-13-27-9-5-23-17-20(2)18-24-6-10-28-14-12-26-8-4-22-16-19/h1-18H2. The molecule has 0 N–H and O–H groups in total. The topological polar surface area (TPSA) is 36.9 Å². The van der Waals surface area contributed by atoms with Gasteiger partial charge in [-0.3, -0.25) is 0 Å². The second-order valence-corrected chi connectivity index (χ2v) is 11.1. The monoisotopic (exact) mass is 468 g/mol. The van der Waals surface area contributed by atoms with E-state index in [4.69, 9.17) is 18.9 Å². The van der Waals surface area contributed by atoms with Gasteiger partial charge < -0.3 is 18.9 Å². The molecule has 0 aromatic heterocycles. The molecule has 1 heterocycles. The van der Waals surface area contributed by atoms with Gasteiger partial charge in [0.05, 0.1) is 52.9 Å². The third-order valence-corrected chi connectivity index (χ3v) is 7.77.